The molecule has 0 saturated carbocycles. The maximum absolute atomic E-state index is 12.1. The fraction of sp³-hybridized carbons (Fsp3) is 0.500. The van der Waals surface area contributed by atoms with Crippen molar-refractivity contribution in [3.8, 4) is 0 Å². The highest BCUT2D eigenvalue weighted by Gasteiger charge is 2.23. The van der Waals surface area contributed by atoms with E-state index in [2.05, 4.69) is 20.7 Å². The fourth-order valence-corrected chi connectivity index (χ4v) is 3.25. The molecule has 0 bridgehead atoms. The zero-order valence-corrected chi connectivity index (χ0v) is 13.4. The summed E-state index contributed by atoms with van der Waals surface area (Å²) in [6, 6.07) is 4.64. The summed E-state index contributed by atoms with van der Waals surface area (Å²) in [6.45, 7) is 4.04. The highest BCUT2D eigenvalue weighted by Crippen LogP contribution is 2.24. The van der Waals surface area contributed by atoms with Crippen LogP contribution in [0.2, 0.25) is 0 Å². The Kier molecular flexibility index (Phi) is 5.37. The predicted octanol–water partition coefficient (Wildman–Crippen LogP) is 1.72. The molecule has 7 heteroatoms. The van der Waals surface area contributed by atoms with Crippen molar-refractivity contribution in [1.82, 2.24) is 4.72 Å². The Balaban J connectivity index is 2.87. The summed E-state index contributed by atoms with van der Waals surface area (Å²) in [4.78, 5) is 0.0653. The molecule has 0 aliphatic heterocycles. The van der Waals surface area contributed by atoms with Crippen molar-refractivity contribution in [2.24, 2.45) is 5.41 Å². The minimum Gasteiger partial charge on any atom is -0.398 e. The number of rotatable bonds is 6. The SMILES string of the molecule is CC(C)(CCO)CNS(=O)(=O)c1ccc(Br)cc1N. The normalized spacial score (nSPS) is 12.6. The van der Waals surface area contributed by atoms with Gasteiger partial charge >= 0.3 is 0 Å². The summed E-state index contributed by atoms with van der Waals surface area (Å²) in [5.74, 6) is 0. The van der Waals surface area contributed by atoms with E-state index < -0.39 is 10.0 Å². The van der Waals surface area contributed by atoms with E-state index in [0.29, 0.717) is 6.42 Å². The second kappa shape index (κ2) is 6.21. The monoisotopic (exact) mass is 350 g/mol. The topological polar surface area (TPSA) is 92.4 Å². The maximum Gasteiger partial charge on any atom is 0.242 e. The molecular formula is C12H19BrN2O3S. The number of sulfonamides is 1. The van der Waals surface area contributed by atoms with Crippen LogP contribution in [-0.2, 0) is 10.0 Å². The van der Waals surface area contributed by atoms with Crippen molar-refractivity contribution in [3.05, 3.63) is 22.7 Å². The Morgan fingerprint density at radius 1 is 1.42 bits per heavy atom. The summed E-state index contributed by atoms with van der Waals surface area (Å²) in [6.07, 6.45) is 0.519. The van der Waals surface area contributed by atoms with E-state index in [1.54, 1.807) is 12.1 Å². The molecule has 0 unspecified atom stereocenters. The second-order valence-corrected chi connectivity index (χ2v) is 7.80. The Labute approximate surface area is 122 Å². The second-order valence-electron chi connectivity index (χ2n) is 5.14. The lowest BCUT2D eigenvalue weighted by Crippen LogP contribution is -2.34. The van der Waals surface area contributed by atoms with Crippen molar-refractivity contribution in [3.63, 3.8) is 0 Å². The van der Waals surface area contributed by atoms with Crippen LogP contribution in [0.4, 0.5) is 5.69 Å². The van der Waals surface area contributed by atoms with E-state index >= 15 is 0 Å². The number of benzene rings is 1. The molecule has 0 aliphatic carbocycles. The van der Waals surface area contributed by atoms with Crippen molar-refractivity contribution in [1.29, 1.82) is 0 Å². The average Bonchev–Trinajstić information content (AvgIpc) is 2.26. The van der Waals surface area contributed by atoms with Crippen LogP contribution in [0.15, 0.2) is 27.6 Å². The van der Waals surface area contributed by atoms with E-state index in [9.17, 15) is 8.42 Å². The first-order valence-corrected chi connectivity index (χ1v) is 8.11. The van der Waals surface area contributed by atoms with Gasteiger partial charge in [0, 0.05) is 17.6 Å². The van der Waals surface area contributed by atoms with Gasteiger partial charge in [-0.3, -0.25) is 0 Å². The van der Waals surface area contributed by atoms with E-state index in [1.807, 2.05) is 13.8 Å². The number of aliphatic hydroxyl groups excluding tert-OH is 1. The quantitative estimate of drug-likeness (QED) is 0.681. The molecule has 1 aromatic carbocycles. The molecule has 19 heavy (non-hydrogen) atoms. The molecular weight excluding hydrogens is 332 g/mol. The van der Waals surface area contributed by atoms with Crippen molar-refractivity contribution in [2.45, 2.75) is 25.2 Å². The summed E-state index contributed by atoms with van der Waals surface area (Å²) in [5.41, 5.74) is 5.60. The molecule has 0 amide bonds. The van der Waals surface area contributed by atoms with E-state index in [4.69, 9.17) is 10.8 Å². The number of aliphatic hydroxyl groups is 1. The number of halogens is 1. The molecule has 0 radical (unpaired) electrons. The minimum absolute atomic E-state index is 0.0230. The van der Waals surface area contributed by atoms with Gasteiger partial charge in [0.2, 0.25) is 10.0 Å². The first kappa shape index (κ1) is 16.4. The number of nitrogens with one attached hydrogen (secondary N) is 1. The van der Waals surface area contributed by atoms with Crippen LogP contribution < -0.4 is 10.5 Å². The first-order chi connectivity index (χ1) is 8.68. The maximum atomic E-state index is 12.1. The van der Waals surface area contributed by atoms with Gasteiger partial charge in [-0.05, 0) is 30.0 Å². The van der Waals surface area contributed by atoms with Crippen molar-refractivity contribution in [2.75, 3.05) is 18.9 Å². The first-order valence-electron chi connectivity index (χ1n) is 5.83. The minimum atomic E-state index is -3.64. The Morgan fingerprint density at radius 3 is 2.58 bits per heavy atom. The zero-order chi connectivity index (χ0) is 14.7. The summed E-state index contributed by atoms with van der Waals surface area (Å²) < 4.78 is 27.5. The average molecular weight is 351 g/mol. The Hall–Kier alpha value is -0.630. The number of nitrogen functional groups attached to an aromatic ring is 1. The van der Waals surface area contributed by atoms with Gasteiger partial charge in [0.1, 0.15) is 4.90 Å². The zero-order valence-electron chi connectivity index (χ0n) is 11.0. The third-order valence-corrected chi connectivity index (χ3v) is 4.76. The van der Waals surface area contributed by atoms with Crippen LogP contribution in [0.1, 0.15) is 20.3 Å². The molecule has 0 fully saturated rings. The molecule has 1 aromatic rings. The van der Waals surface area contributed by atoms with E-state index in [0.717, 1.165) is 4.47 Å². The molecule has 5 nitrogen and oxygen atoms in total. The summed E-state index contributed by atoms with van der Waals surface area (Å²) in [5, 5.41) is 8.92. The lowest BCUT2D eigenvalue weighted by Gasteiger charge is -2.24. The van der Waals surface area contributed by atoms with Crippen LogP contribution in [0.25, 0.3) is 0 Å². The summed E-state index contributed by atoms with van der Waals surface area (Å²) in [7, 11) is -3.64. The smallest absolute Gasteiger partial charge is 0.242 e. The van der Waals surface area contributed by atoms with Gasteiger partial charge in [-0.2, -0.15) is 0 Å². The standard InChI is InChI=1S/C12H19BrN2O3S/c1-12(2,5-6-16)8-15-19(17,18)11-4-3-9(13)7-10(11)14/h3-4,7,15-16H,5-6,8,14H2,1-2H3. The molecule has 108 valence electrons. The lowest BCUT2D eigenvalue weighted by atomic mass is 9.90. The van der Waals surface area contributed by atoms with Crippen LogP contribution in [0.5, 0.6) is 0 Å². The fourth-order valence-electron chi connectivity index (χ4n) is 1.52. The Morgan fingerprint density at radius 2 is 2.05 bits per heavy atom. The molecule has 0 heterocycles. The van der Waals surface area contributed by atoms with E-state index in [1.165, 1.54) is 6.07 Å². The highest BCUT2D eigenvalue weighted by atomic mass is 79.9. The number of anilines is 1. The van der Waals surface area contributed by atoms with Gasteiger partial charge in [0.05, 0.1) is 5.69 Å². The van der Waals surface area contributed by atoms with Gasteiger partial charge in [-0.25, -0.2) is 13.1 Å². The number of hydrogen-bond donors (Lipinski definition) is 3. The molecule has 0 aliphatic rings. The van der Waals surface area contributed by atoms with Gasteiger partial charge in [-0.15, -0.1) is 0 Å². The van der Waals surface area contributed by atoms with Crippen LogP contribution >= 0.6 is 15.9 Å². The van der Waals surface area contributed by atoms with Crippen molar-refractivity contribution < 1.29 is 13.5 Å². The molecule has 1 rings (SSSR count). The molecule has 0 atom stereocenters. The third-order valence-electron chi connectivity index (χ3n) is 2.79. The molecule has 0 saturated heterocycles. The molecule has 0 aromatic heterocycles. The Bertz CT molecular complexity index is 544. The number of hydrogen-bond acceptors (Lipinski definition) is 4. The van der Waals surface area contributed by atoms with Gasteiger partial charge < -0.3 is 10.8 Å². The largest absolute Gasteiger partial charge is 0.398 e. The third kappa shape index (κ3) is 4.76. The summed E-state index contributed by atoms with van der Waals surface area (Å²) >= 11 is 3.23. The molecule has 4 N–H and O–H groups in total. The van der Waals surface area contributed by atoms with E-state index in [-0.39, 0.29) is 29.1 Å². The van der Waals surface area contributed by atoms with Crippen LogP contribution in [-0.4, -0.2) is 26.7 Å². The van der Waals surface area contributed by atoms with Gasteiger partial charge in [-0.1, -0.05) is 29.8 Å². The van der Waals surface area contributed by atoms with Crippen LogP contribution in [0, 0.1) is 5.41 Å². The predicted molar refractivity (Wildman–Crippen MR) is 79.2 cm³/mol. The molecule has 0 spiro atoms. The van der Waals surface area contributed by atoms with Gasteiger partial charge in [0.25, 0.3) is 0 Å². The highest BCUT2D eigenvalue weighted by molar-refractivity contribution is 9.10. The number of nitrogens with two attached hydrogens (primary N) is 1. The lowest BCUT2D eigenvalue weighted by molar-refractivity contribution is 0.213. The van der Waals surface area contributed by atoms with Crippen LogP contribution in [0.3, 0.4) is 0 Å². The van der Waals surface area contributed by atoms with Gasteiger partial charge in [0.15, 0.2) is 0 Å². The van der Waals surface area contributed by atoms with Crippen molar-refractivity contribution >= 4 is 31.6 Å².